The molecule has 180 valence electrons. The number of nitrogen functional groups attached to an aromatic ring is 1. The molecule has 0 bridgehead atoms. The van der Waals surface area contributed by atoms with Gasteiger partial charge in [-0.05, 0) is 56.2 Å². The molecule has 0 spiro atoms. The second-order valence-corrected chi connectivity index (χ2v) is 10.0. The summed E-state index contributed by atoms with van der Waals surface area (Å²) in [4.78, 5) is 27.0. The Morgan fingerprint density at radius 1 is 1.15 bits per heavy atom. The Labute approximate surface area is 198 Å². The number of ether oxygens (including phenoxy) is 1. The van der Waals surface area contributed by atoms with Gasteiger partial charge in [-0.1, -0.05) is 18.1 Å². The first kappa shape index (κ1) is 25.1. The SMILES string of the molecule is CC#CCOc1ccc(S(=O)(=O)CC2(C(=O)NO)CCN(C(=O)c3ccccc3N)CC2)cc1. The number of piperidine rings is 1. The summed E-state index contributed by atoms with van der Waals surface area (Å²) in [5.74, 6) is 4.33. The Balaban J connectivity index is 1.76. The summed E-state index contributed by atoms with van der Waals surface area (Å²) in [6, 6.07) is 12.5. The zero-order valence-corrected chi connectivity index (χ0v) is 19.6. The minimum Gasteiger partial charge on any atom is -0.481 e. The lowest BCUT2D eigenvalue weighted by atomic mass is 9.79. The molecule has 34 heavy (non-hydrogen) atoms. The van der Waals surface area contributed by atoms with Crippen LogP contribution in [0.3, 0.4) is 0 Å². The molecular weight excluding hydrogens is 458 g/mol. The standard InChI is InChI=1S/C24H27N3O6S/c1-2-3-16-33-18-8-10-19(11-9-18)34(31,32)17-24(23(29)26-30)12-14-27(15-13-24)22(28)20-6-4-5-7-21(20)25/h4-11,30H,12-17,25H2,1H3,(H,26,29). The van der Waals surface area contributed by atoms with Gasteiger partial charge in [-0.2, -0.15) is 0 Å². The fourth-order valence-electron chi connectivity index (χ4n) is 3.94. The number of sulfone groups is 1. The molecule has 3 rings (SSSR count). The van der Waals surface area contributed by atoms with E-state index in [9.17, 15) is 23.2 Å². The van der Waals surface area contributed by atoms with E-state index in [1.54, 1.807) is 36.7 Å². The van der Waals surface area contributed by atoms with E-state index in [0.717, 1.165) is 0 Å². The number of benzene rings is 2. The number of nitrogens with zero attached hydrogens (tertiary/aromatic N) is 1. The molecule has 1 fully saturated rings. The molecule has 0 saturated carbocycles. The first-order chi connectivity index (χ1) is 16.2. The quantitative estimate of drug-likeness (QED) is 0.235. The summed E-state index contributed by atoms with van der Waals surface area (Å²) in [5.41, 5.74) is 6.82. The number of hydroxylamine groups is 1. The molecule has 0 aromatic heterocycles. The number of hydrogen-bond donors (Lipinski definition) is 3. The summed E-state index contributed by atoms with van der Waals surface area (Å²) in [5, 5.41) is 9.33. The van der Waals surface area contributed by atoms with Crippen molar-refractivity contribution in [3.8, 4) is 17.6 Å². The summed E-state index contributed by atoms with van der Waals surface area (Å²) in [6.07, 6.45) is 0.127. The van der Waals surface area contributed by atoms with Gasteiger partial charge in [0.25, 0.3) is 11.8 Å². The van der Waals surface area contributed by atoms with Crippen molar-refractivity contribution in [3.63, 3.8) is 0 Å². The number of nitrogens with two attached hydrogens (primary N) is 1. The van der Waals surface area contributed by atoms with E-state index in [2.05, 4.69) is 11.8 Å². The van der Waals surface area contributed by atoms with Gasteiger partial charge in [-0.25, -0.2) is 13.9 Å². The molecule has 4 N–H and O–H groups in total. The van der Waals surface area contributed by atoms with Gasteiger partial charge in [0.15, 0.2) is 9.84 Å². The average Bonchev–Trinajstić information content (AvgIpc) is 2.84. The minimum atomic E-state index is -3.89. The zero-order valence-electron chi connectivity index (χ0n) is 18.8. The van der Waals surface area contributed by atoms with Crippen molar-refractivity contribution >= 4 is 27.3 Å². The average molecular weight is 486 g/mol. The summed E-state index contributed by atoms with van der Waals surface area (Å²) < 4.78 is 31.7. The molecule has 1 heterocycles. The Morgan fingerprint density at radius 3 is 2.38 bits per heavy atom. The van der Waals surface area contributed by atoms with Crippen LogP contribution in [0.4, 0.5) is 5.69 Å². The van der Waals surface area contributed by atoms with E-state index in [1.807, 2.05) is 0 Å². The van der Waals surface area contributed by atoms with Crippen LogP contribution in [0, 0.1) is 17.3 Å². The second kappa shape index (κ2) is 10.6. The van der Waals surface area contributed by atoms with Crippen LogP contribution >= 0.6 is 0 Å². The number of para-hydroxylation sites is 1. The van der Waals surface area contributed by atoms with Crippen LogP contribution in [0.2, 0.25) is 0 Å². The molecule has 1 aliphatic rings. The summed E-state index contributed by atoms with van der Waals surface area (Å²) >= 11 is 0. The maximum absolute atomic E-state index is 13.2. The molecule has 0 unspecified atom stereocenters. The van der Waals surface area contributed by atoms with Gasteiger partial charge in [0.1, 0.15) is 12.4 Å². The Kier molecular flexibility index (Phi) is 7.81. The highest BCUT2D eigenvalue weighted by Gasteiger charge is 2.46. The predicted molar refractivity (Wildman–Crippen MR) is 126 cm³/mol. The molecule has 0 radical (unpaired) electrons. The number of anilines is 1. The molecule has 2 amide bonds. The van der Waals surface area contributed by atoms with E-state index in [4.69, 9.17) is 10.5 Å². The van der Waals surface area contributed by atoms with Gasteiger partial charge in [0.2, 0.25) is 0 Å². The van der Waals surface area contributed by atoms with Crippen molar-refractivity contribution in [2.45, 2.75) is 24.7 Å². The number of rotatable bonds is 7. The molecule has 2 aromatic carbocycles. The largest absolute Gasteiger partial charge is 0.481 e. The fourth-order valence-corrected chi connectivity index (χ4v) is 5.80. The van der Waals surface area contributed by atoms with Crippen LogP contribution in [0.25, 0.3) is 0 Å². The van der Waals surface area contributed by atoms with E-state index in [0.29, 0.717) is 17.0 Å². The molecule has 0 aliphatic carbocycles. The van der Waals surface area contributed by atoms with Crippen LogP contribution in [0.15, 0.2) is 53.4 Å². The summed E-state index contributed by atoms with van der Waals surface area (Å²) in [7, 11) is -3.89. The predicted octanol–water partition coefficient (Wildman–Crippen LogP) is 1.87. The number of likely N-dealkylation sites (tertiary alicyclic amines) is 1. The highest BCUT2D eigenvalue weighted by Crippen LogP contribution is 2.36. The first-order valence-corrected chi connectivity index (χ1v) is 12.3. The Hall–Kier alpha value is -3.55. The van der Waals surface area contributed by atoms with Gasteiger partial charge in [0.05, 0.1) is 21.6 Å². The molecule has 0 atom stereocenters. The lowest BCUT2D eigenvalue weighted by molar-refractivity contribution is -0.141. The monoisotopic (exact) mass is 485 g/mol. The third-order valence-electron chi connectivity index (χ3n) is 5.92. The number of nitrogens with one attached hydrogen (secondary N) is 1. The van der Waals surface area contributed by atoms with Crippen molar-refractivity contribution in [2.24, 2.45) is 5.41 Å². The van der Waals surface area contributed by atoms with Crippen molar-refractivity contribution < 1.29 is 28.0 Å². The summed E-state index contributed by atoms with van der Waals surface area (Å²) in [6.45, 7) is 2.16. The molecule has 10 heteroatoms. The van der Waals surface area contributed by atoms with Crippen LogP contribution in [-0.2, 0) is 14.6 Å². The maximum atomic E-state index is 13.2. The van der Waals surface area contributed by atoms with Gasteiger partial charge in [0, 0.05) is 18.8 Å². The number of hydrogen-bond acceptors (Lipinski definition) is 7. The zero-order chi connectivity index (χ0) is 24.8. The fraction of sp³-hybridized carbons (Fsp3) is 0.333. The van der Waals surface area contributed by atoms with Gasteiger partial charge in [-0.3, -0.25) is 14.8 Å². The van der Waals surface area contributed by atoms with E-state index in [-0.39, 0.29) is 43.3 Å². The van der Waals surface area contributed by atoms with Gasteiger partial charge in [-0.15, -0.1) is 5.92 Å². The lowest BCUT2D eigenvalue weighted by Crippen LogP contribution is -2.52. The third-order valence-corrected chi connectivity index (χ3v) is 7.84. The molecule has 9 nitrogen and oxygen atoms in total. The van der Waals surface area contributed by atoms with Crippen molar-refractivity contribution in [2.75, 3.05) is 31.2 Å². The number of carbonyl (C=O) groups is 2. The number of carbonyl (C=O) groups excluding carboxylic acids is 2. The smallest absolute Gasteiger partial charge is 0.255 e. The topological polar surface area (TPSA) is 139 Å². The molecular formula is C24H27N3O6S. The van der Waals surface area contributed by atoms with Crippen LogP contribution in [0.1, 0.15) is 30.1 Å². The van der Waals surface area contributed by atoms with Gasteiger partial charge < -0.3 is 15.4 Å². The van der Waals surface area contributed by atoms with E-state index >= 15 is 0 Å². The highest BCUT2D eigenvalue weighted by atomic mass is 32.2. The van der Waals surface area contributed by atoms with Gasteiger partial charge >= 0.3 is 0 Å². The third kappa shape index (κ3) is 5.50. The van der Waals surface area contributed by atoms with Crippen molar-refractivity contribution in [1.29, 1.82) is 0 Å². The lowest BCUT2D eigenvalue weighted by Gasteiger charge is -2.40. The van der Waals surface area contributed by atoms with E-state index < -0.39 is 26.9 Å². The highest BCUT2D eigenvalue weighted by molar-refractivity contribution is 7.91. The van der Waals surface area contributed by atoms with Crippen LogP contribution in [0.5, 0.6) is 5.75 Å². The minimum absolute atomic E-state index is 0.0297. The van der Waals surface area contributed by atoms with Crippen molar-refractivity contribution in [3.05, 3.63) is 54.1 Å². The van der Waals surface area contributed by atoms with E-state index in [1.165, 1.54) is 29.2 Å². The molecule has 1 saturated heterocycles. The molecule has 1 aliphatic heterocycles. The molecule has 2 aromatic rings. The second-order valence-electron chi connectivity index (χ2n) is 8.05. The number of amides is 2. The first-order valence-electron chi connectivity index (χ1n) is 10.7. The Bertz CT molecular complexity index is 1210. The normalized spacial score (nSPS) is 15.1. The van der Waals surface area contributed by atoms with Crippen LogP contribution in [-0.4, -0.2) is 55.8 Å². The van der Waals surface area contributed by atoms with Crippen molar-refractivity contribution in [1.82, 2.24) is 10.4 Å². The Morgan fingerprint density at radius 2 is 1.79 bits per heavy atom. The van der Waals surface area contributed by atoms with Crippen LogP contribution < -0.4 is 16.0 Å². The maximum Gasteiger partial charge on any atom is 0.255 e.